The highest BCUT2D eigenvalue weighted by Gasteiger charge is 2.13. The molecule has 1 unspecified atom stereocenters. The summed E-state index contributed by atoms with van der Waals surface area (Å²) in [5.41, 5.74) is 2.05. The van der Waals surface area contributed by atoms with Crippen molar-refractivity contribution >= 4 is 41.3 Å². The van der Waals surface area contributed by atoms with Gasteiger partial charge in [-0.3, -0.25) is 14.5 Å². The van der Waals surface area contributed by atoms with Gasteiger partial charge in [-0.1, -0.05) is 59.1 Å². The number of nitrogens with one attached hydrogen (secondary N) is 2. The minimum absolute atomic E-state index is 0.0370. The van der Waals surface area contributed by atoms with Gasteiger partial charge in [0.25, 0.3) is 0 Å². The van der Waals surface area contributed by atoms with E-state index in [9.17, 15) is 9.90 Å². The maximum Gasteiger partial charge on any atom is 0.221 e. The number of hydrogen-bond donors (Lipinski definition) is 3. The summed E-state index contributed by atoms with van der Waals surface area (Å²) in [7, 11) is 0. The van der Waals surface area contributed by atoms with Gasteiger partial charge in [0.05, 0.1) is 5.02 Å². The molecule has 0 aliphatic heterocycles. The summed E-state index contributed by atoms with van der Waals surface area (Å²) in [6.45, 7) is 2.37. The van der Waals surface area contributed by atoms with Gasteiger partial charge in [-0.05, 0) is 31.3 Å². The number of amides is 1. The largest absolute Gasteiger partial charge is 0.489 e. The summed E-state index contributed by atoms with van der Waals surface area (Å²) in [5.74, 6) is 0.819. The van der Waals surface area contributed by atoms with E-state index in [1.165, 1.54) is 0 Å². The van der Waals surface area contributed by atoms with Crippen molar-refractivity contribution < 1.29 is 14.6 Å². The SMILES string of the molecule is Cc1ccc(-c2n[nH]c(=S)n2CCC(=O)NCC(O)COc2cccc(Cl)c2Cl)cc1. The van der Waals surface area contributed by atoms with Gasteiger partial charge in [0.1, 0.15) is 23.5 Å². The number of hydrogen-bond acceptors (Lipinski definition) is 5. The maximum absolute atomic E-state index is 12.2. The molecule has 0 aliphatic carbocycles. The molecule has 3 aromatic rings. The number of rotatable bonds is 9. The fourth-order valence-electron chi connectivity index (χ4n) is 2.82. The Hall–Kier alpha value is -2.39. The quantitative estimate of drug-likeness (QED) is 0.399. The highest BCUT2D eigenvalue weighted by Crippen LogP contribution is 2.31. The molecule has 0 saturated heterocycles. The molecule has 0 saturated carbocycles. The molecule has 0 radical (unpaired) electrons. The third-order valence-electron chi connectivity index (χ3n) is 4.51. The van der Waals surface area contributed by atoms with Gasteiger partial charge in [-0.15, -0.1) is 0 Å². The molecule has 0 aliphatic rings. The fourth-order valence-corrected chi connectivity index (χ4v) is 3.39. The van der Waals surface area contributed by atoms with Crippen molar-refractivity contribution in [1.29, 1.82) is 0 Å². The van der Waals surface area contributed by atoms with Crippen molar-refractivity contribution in [3.05, 3.63) is 62.8 Å². The molecule has 0 bridgehead atoms. The highest BCUT2D eigenvalue weighted by atomic mass is 35.5. The summed E-state index contributed by atoms with van der Waals surface area (Å²) in [4.78, 5) is 12.2. The van der Waals surface area contributed by atoms with Gasteiger partial charge in [-0.2, -0.15) is 5.10 Å². The van der Waals surface area contributed by atoms with Crippen LogP contribution in [0.2, 0.25) is 10.0 Å². The molecular weight excluding hydrogens is 459 g/mol. The third kappa shape index (κ3) is 6.30. The summed E-state index contributed by atoms with van der Waals surface area (Å²) in [6, 6.07) is 12.9. The number of ether oxygens (including phenoxy) is 1. The zero-order valence-electron chi connectivity index (χ0n) is 16.8. The molecular formula is C21H22Cl2N4O3S. The van der Waals surface area contributed by atoms with E-state index in [1.807, 2.05) is 31.2 Å². The Kier molecular flexibility index (Phi) is 8.09. The van der Waals surface area contributed by atoms with Crippen LogP contribution in [0.15, 0.2) is 42.5 Å². The molecule has 1 heterocycles. The summed E-state index contributed by atoms with van der Waals surface area (Å²) >= 11 is 17.3. The maximum atomic E-state index is 12.2. The Bertz CT molecular complexity index is 1100. The van der Waals surface area contributed by atoms with Gasteiger partial charge in [0.2, 0.25) is 5.91 Å². The smallest absolute Gasteiger partial charge is 0.221 e. The van der Waals surface area contributed by atoms with Crippen molar-refractivity contribution in [2.24, 2.45) is 0 Å². The first kappa shape index (κ1) is 23.3. The number of halogens is 2. The number of aliphatic hydroxyl groups excluding tert-OH is 1. The lowest BCUT2D eigenvalue weighted by atomic mass is 10.1. The number of H-pyrrole nitrogens is 1. The number of aromatic nitrogens is 3. The number of aliphatic hydroxyl groups is 1. The van der Waals surface area contributed by atoms with Crippen molar-refractivity contribution in [2.75, 3.05) is 13.2 Å². The summed E-state index contributed by atoms with van der Waals surface area (Å²) < 4.78 is 7.69. The fraction of sp³-hybridized carbons (Fsp3) is 0.286. The number of aryl methyl sites for hydroxylation is 1. The molecule has 7 nitrogen and oxygen atoms in total. The molecule has 0 spiro atoms. The summed E-state index contributed by atoms with van der Waals surface area (Å²) in [6.07, 6.45) is -0.723. The second-order valence-electron chi connectivity index (χ2n) is 6.94. The van der Waals surface area contributed by atoms with E-state index < -0.39 is 6.10 Å². The van der Waals surface area contributed by atoms with Crippen LogP contribution in [0.4, 0.5) is 0 Å². The van der Waals surface area contributed by atoms with Crippen LogP contribution >= 0.6 is 35.4 Å². The average Bonchev–Trinajstić information content (AvgIpc) is 3.12. The van der Waals surface area contributed by atoms with Crippen molar-refractivity contribution in [3.8, 4) is 17.1 Å². The van der Waals surface area contributed by atoms with Crippen LogP contribution in [0.3, 0.4) is 0 Å². The molecule has 31 heavy (non-hydrogen) atoms. The number of aromatic amines is 1. The third-order valence-corrected chi connectivity index (χ3v) is 5.63. The minimum Gasteiger partial charge on any atom is -0.489 e. The van der Waals surface area contributed by atoms with E-state index in [2.05, 4.69) is 15.5 Å². The summed E-state index contributed by atoms with van der Waals surface area (Å²) in [5, 5.41) is 20.5. The lowest BCUT2D eigenvalue weighted by Gasteiger charge is -2.14. The van der Waals surface area contributed by atoms with Crippen molar-refractivity contribution in [1.82, 2.24) is 20.1 Å². The zero-order valence-corrected chi connectivity index (χ0v) is 19.1. The first-order valence-electron chi connectivity index (χ1n) is 9.59. The van der Waals surface area contributed by atoms with Crippen molar-refractivity contribution in [2.45, 2.75) is 26.0 Å². The lowest BCUT2D eigenvalue weighted by Crippen LogP contribution is -2.35. The van der Waals surface area contributed by atoms with Crippen LogP contribution in [0.25, 0.3) is 11.4 Å². The van der Waals surface area contributed by atoms with Gasteiger partial charge >= 0.3 is 0 Å². The van der Waals surface area contributed by atoms with Gasteiger partial charge in [0.15, 0.2) is 10.6 Å². The molecule has 1 amide bonds. The predicted molar refractivity (Wildman–Crippen MR) is 123 cm³/mol. The van der Waals surface area contributed by atoms with Crippen LogP contribution in [-0.4, -0.2) is 45.0 Å². The molecule has 1 atom stereocenters. The molecule has 3 N–H and O–H groups in total. The van der Waals surface area contributed by atoms with E-state index in [0.717, 1.165) is 11.1 Å². The molecule has 10 heteroatoms. The molecule has 1 aromatic heterocycles. The zero-order chi connectivity index (χ0) is 22.4. The monoisotopic (exact) mass is 480 g/mol. The molecule has 0 fully saturated rings. The van der Waals surface area contributed by atoms with Crippen LogP contribution in [0.5, 0.6) is 5.75 Å². The standard InChI is InChI=1S/C21H22Cl2N4O3S/c1-13-5-7-14(8-6-13)20-25-26-21(31)27(20)10-9-18(29)24-11-15(28)12-30-17-4-2-3-16(22)19(17)23/h2-8,15,28H,9-12H2,1H3,(H,24,29)(H,26,31). The average molecular weight is 481 g/mol. The van der Waals surface area contributed by atoms with E-state index in [-0.39, 0.29) is 30.5 Å². The second kappa shape index (κ2) is 10.8. The topological polar surface area (TPSA) is 92.2 Å². The molecule has 2 aromatic carbocycles. The number of carbonyl (C=O) groups is 1. The Morgan fingerprint density at radius 2 is 2.03 bits per heavy atom. The normalized spacial score (nSPS) is 11.9. The highest BCUT2D eigenvalue weighted by molar-refractivity contribution is 7.71. The number of carbonyl (C=O) groups excluding carboxylic acids is 1. The lowest BCUT2D eigenvalue weighted by molar-refractivity contribution is -0.121. The first-order chi connectivity index (χ1) is 14.8. The van der Waals surface area contributed by atoms with Gasteiger partial charge < -0.3 is 15.2 Å². The van der Waals surface area contributed by atoms with Crippen LogP contribution in [0, 0.1) is 11.7 Å². The Morgan fingerprint density at radius 3 is 2.77 bits per heavy atom. The second-order valence-corrected chi connectivity index (χ2v) is 8.11. The van der Waals surface area contributed by atoms with Gasteiger partial charge in [0, 0.05) is 25.1 Å². The Labute approximate surface area is 195 Å². The van der Waals surface area contributed by atoms with Crippen molar-refractivity contribution in [3.63, 3.8) is 0 Å². The van der Waals surface area contributed by atoms with Gasteiger partial charge in [-0.25, -0.2) is 0 Å². The first-order valence-corrected chi connectivity index (χ1v) is 10.8. The van der Waals surface area contributed by atoms with Crippen LogP contribution in [-0.2, 0) is 11.3 Å². The Morgan fingerprint density at radius 1 is 1.29 bits per heavy atom. The minimum atomic E-state index is -0.904. The van der Waals surface area contributed by atoms with E-state index in [4.69, 9.17) is 40.2 Å². The number of nitrogens with zero attached hydrogens (tertiary/aromatic N) is 2. The molecule has 164 valence electrons. The van der Waals surface area contributed by atoms with Crippen LogP contribution < -0.4 is 10.1 Å². The van der Waals surface area contributed by atoms with E-state index >= 15 is 0 Å². The Balaban J connectivity index is 1.48. The van der Waals surface area contributed by atoms with E-state index in [0.29, 0.717) is 27.9 Å². The number of benzene rings is 2. The van der Waals surface area contributed by atoms with E-state index in [1.54, 1.807) is 22.8 Å². The van der Waals surface area contributed by atoms with Crippen LogP contribution in [0.1, 0.15) is 12.0 Å². The predicted octanol–water partition coefficient (Wildman–Crippen LogP) is 4.17. The molecule has 3 rings (SSSR count).